The number of rotatable bonds is 6. The largest absolute Gasteiger partial charge is 0.375 e. The Hall–Kier alpha value is -0.920. The zero-order chi connectivity index (χ0) is 12.2. The van der Waals surface area contributed by atoms with Crippen LogP contribution in [0.2, 0.25) is 0 Å². The van der Waals surface area contributed by atoms with E-state index in [1.54, 1.807) is 4.68 Å². The van der Waals surface area contributed by atoms with Gasteiger partial charge in [0.15, 0.2) is 9.84 Å². The molecular formula is C9H17N3O3S. The summed E-state index contributed by atoms with van der Waals surface area (Å²) in [6, 6.07) is 0. The van der Waals surface area contributed by atoms with Gasteiger partial charge in [-0.25, -0.2) is 8.42 Å². The Morgan fingerprint density at radius 2 is 2.31 bits per heavy atom. The van der Waals surface area contributed by atoms with Crippen LogP contribution in [-0.4, -0.2) is 43.7 Å². The van der Waals surface area contributed by atoms with E-state index in [4.69, 9.17) is 10.5 Å². The lowest BCUT2D eigenvalue weighted by Crippen LogP contribution is -2.22. The number of aromatic nitrogens is 2. The minimum Gasteiger partial charge on any atom is -0.375 e. The summed E-state index contributed by atoms with van der Waals surface area (Å²) in [7, 11) is -3.17. The van der Waals surface area contributed by atoms with Crippen LogP contribution < -0.4 is 5.73 Å². The fraction of sp³-hybridized carbons (Fsp3) is 0.667. The predicted molar refractivity (Wildman–Crippen MR) is 59.8 cm³/mol. The third-order valence-electron chi connectivity index (χ3n) is 2.09. The first-order valence-corrected chi connectivity index (χ1v) is 6.87. The maximum atomic E-state index is 11.2. The molecule has 1 unspecified atom stereocenters. The Morgan fingerprint density at radius 1 is 1.62 bits per heavy atom. The topological polar surface area (TPSA) is 87.2 Å². The second kappa shape index (κ2) is 5.42. The van der Waals surface area contributed by atoms with E-state index in [9.17, 15) is 8.42 Å². The Bertz CT molecular complexity index is 427. The molecule has 6 nitrogen and oxygen atoms in total. The lowest BCUT2D eigenvalue weighted by Gasteiger charge is -2.09. The van der Waals surface area contributed by atoms with Crippen molar-refractivity contribution >= 4 is 9.84 Å². The van der Waals surface area contributed by atoms with Gasteiger partial charge in [0.25, 0.3) is 0 Å². The Morgan fingerprint density at radius 3 is 2.81 bits per heavy atom. The normalized spacial score (nSPS) is 13.9. The molecule has 0 saturated carbocycles. The third-order valence-corrected chi connectivity index (χ3v) is 3.16. The summed E-state index contributed by atoms with van der Waals surface area (Å²) < 4.78 is 29.2. The van der Waals surface area contributed by atoms with Crippen LogP contribution in [0.1, 0.15) is 6.92 Å². The third kappa shape index (κ3) is 3.92. The minimum atomic E-state index is -3.17. The molecule has 1 rings (SSSR count). The zero-order valence-electron chi connectivity index (χ0n) is 9.46. The van der Waals surface area contributed by atoms with Crippen LogP contribution in [0.3, 0.4) is 0 Å². The highest BCUT2D eigenvalue weighted by Gasteiger charge is 2.09. The Balaban J connectivity index is 2.47. The number of ether oxygens (including phenoxy) is 1. The first-order chi connectivity index (χ1) is 7.43. The van der Waals surface area contributed by atoms with Gasteiger partial charge in [0.2, 0.25) is 0 Å². The van der Waals surface area contributed by atoms with Crippen LogP contribution >= 0.6 is 0 Å². The van der Waals surface area contributed by atoms with Crippen molar-refractivity contribution in [3.63, 3.8) is 0 Å². The summed E-state index contributed by atoms with van der Waals surface area (Å²) in [6.45, 7) is 3.32. The summed E-state index contributed by atoms with van der Waals surface area (Å²) in [5.41, 5.74) is 5.39. The average Bonchev–Trinajstić information content (AvgIpc) is 2.65. The van der Waals surface area contributed by atoms with Gasteiger partial charge in [0.05, 0.1) is 25.5 Å². The van der Waals surface area contributed by atoms with E-state index in [0.29, 0.717) is 19.7 Å². The van der Waals surface area contributed by atoms with E-state index in [1.807, 2.05) is 6.92 Å². The molecule has 0 aliphatic rings. The first-order valence-electron chi connectivity index (χ1n) is 4.97. The van der Waals surface area contributed by atoms with Crippen LogP contribution in [0.15, 0.2) is 17.3 Å². The highest BCUT2D eigenvalue weighted by Crippen LogP contribution is 2.06. The number of nitrogens with two attached hydrogens (primary N) is 1. The molecule has 16 heavy (non-hydrogen) atoms. The monoisotopic (exact) mass is 247 g/mol. The summed E-state index contributed by atoms with van der Waals surface area (Å²) >= 11 is 0. The molecule has 0 bridgehead atoms. The van der Waals surface area contributed by atoms with Gasteiger partial charge in [-0.05, 0) is 6.92 Å². The zero-order valence-corrected chi connectivity index (χ0v) is 10.3. The van der Waals surface area contributed by atoms with Crippen LogP contribution in [0.5, 0.6) is 0 Å². The number of sulfone groups is 1. The van der Waals surface area contributed by atoms with Crippen molar-refractivity contribution in [2.24, 2.45) is 5.73 Å². The van der Waals surface area contributed by atoms with Gasteiger partial charge in [-0.3, -0.25) is 4.68 Å². The van der Waals surface area contributed by atoms with E-state index in [0.717, 1.165) is 6.26 Å². The van der Waals surface area contributed by atoms with Crippen molar-refractivity contribution in [3.8, 4) is 0 Å². The van der Waals surface area contributed by atoms with E-state index in [-0.39, 0.29) is 11.0 Å². The quantitative estimate of drug-likeness (QED) is 0.742. The molecule has 1 heterocycles. The summed E-state index contributed by atoms with van der Waals surface area (Å²) in [5, 5.41) is 3.93. The number of hydrogen-bond donors (Lipinski definition) is 1. The van der Waals surface area contributed by atoms with E-state index >= 15 is 0 Å². The molecule has 0 radical (unpaired) electrons. The number of hydrogen-bond acceptors (Lipinski definition) is 5. The molecule has 0 aromatic carbocycles. The standard InChI is InChI=1S/C9H17N3O3S/c1-8(5-10)15-4-3-12-7-9(6-11-12)16(2,13)14/h6-8H,3-5,10H2,1-2H3. The van der Waals surface area contributed by atoms with Crippen LogP contribution in [0.25, 0.3) is 0 Å². The average molecular weight is 247 g/mol. The van der Waals surface area contributed by atoms with E-state index in [1.165, 1.54) is 12.4 Å². The van der Waals surface area contributed by atoms with Crippen molar-refractivity contribution < 1.29 is 13.2 Å². The van der Waals surface area contributed by atoms with E-state index < -0.39 is 9.84 Å². The number of nitrogens with zero attached hydrogens (tertiary/aromatic N) is 2. The molecule has 1 aromatic rings. The molecule has 1 atom stereocenters. The molecular weight excluding hydrogens is 230 g/mol. The second-order valence-electron chi connectivity index (χ2n) is 3.63. The van der Waals surface area contributed by atoms with Gasteiger partial charge in [-0.1, -0.05) is 0 Å². The molecule has 7 heteroatoms. The lowest BCUT2D eigenvalue weighted by atomic mass is 10.4. The Labute approximate surface area is 95.3 Å². The van der Waals surface area contributed by atoms with Crippen LogP contribution in [0.4, 0.5) is 0 Å². The maximum Gasteiger partial charge on any atom is 0.178 e. The van der Waals surface area contributed by atoms with Crippen molar-refractivity contribution in [2.75, 3.05) is 19.4 Å². The molecule has 0 fully saturated rings. The minimum absolute atomic E-state index is 0.00457. The maximum absolute atomic E-state index is 11.2. The van der Waals surface area contributed by atoms with Gasteiger partial charge < -0.3 is 10.5 Å². The fourth-order valence-electron chi connectivity index (χ4n) is 1.07. The second-order valence-corrected chi connectivity index (χ2v) is 5.64. The summed E-state index contributed by atoms with van der Waals surface area (Å²) in [4.78, 5) is 0.222. The molecule has 0 aliphatic carbocycles. The van der Waals surface area contributed by atoms with Gasteiger partial charge in [-0.15, -0.1) is 0 Å². The SMILES string of the molecule is CC(CN)OCCn1cc(S(C)(=O)=O)cn1. The van der Waals surface area contributed by atoms with Crippen molar-refractivity contribution in [1.82, 2.24) is 9.78 Å². The van der Waals surface area contributed by atoms with Gasteiger partial charge >= 0.3 is 0 Å². The molecule has 0 spiro atoms. The van der Waals surface area contributed by atoms with Crippen molar-refractivity contribution in [3.05, 3.63) is 12.4 Å². The summed E-state index contributed by atoms with van der Waals surface area (Å²) in [5.74, 6) is 0. The van der Waals surface area contributed by atoms with Gasteiger partial charge in [0.1, 0.15) is 4.90 Å². The van der Waals surface area contributed by atoms with Crippen molar-refractivity contribution in [1.29, 1.82) is 0 Å². The fourth-order valence-corrected chi connectivity index (χ4v) is 1.63. The molecule has 0 aliphatic heterocycles. The smallest absolute Gasteiger partial charge is 0.178 e. The van der Waals surface area contributed by atoms with Crippen molar-refractivity contribution in [2.45, 2.75) is 24.5 Å². The van der Waals surface area contributed by atoms with Crippen LogP contribution in [-0.2, 0) is 21.1 Å². The van der Waals surface area contributed by atoms with Crippen LogP contribution in [0, 0.1) is 0 Å². The molecule has 2 N–H and O–H groups in total. The highest BCUT2D eigenvalue weighted by molar-refractivity contribution is 7.90. The molecule has 1 aromatic heterocycles. The summed E-state index contributed by atoms with van der Waals surface area (Å²) in [6.07, 6.45) is 3.99. The molecule has 92 valence electrons. The lowest BCUT2D eigenvalue weighted by molar-refractivity contribution is 0.0643. The predicted octanol–water partition coefficient (Wildman–Crippen LogP) is -0.350. The first kappa shape index (κ1) is 13.1. The Kier molecular flexibility index (Phi) is 4.45. The molecule has 0 saturated heterocycles. The van der Waals surface area contributed by atoms with Gasteiger partial charge in [0, 0.05) is 19.0 Å². The van der Waals surface area contributed by atoms with Gasteiger partial charge in [-0.2, -0.15) is 5.10 Å². The molecule has 0 amide bonds. The van der Waals surface area contributed by atoms with E-state index in [2.05, 4.69) is 5.10 Å². The highest BCUT2D eigenvalue weighted by atomic mass is 32.2.